The third-order valence-corrected chi connectivity index (χ3v) is 3.89. The molecule has 0 atom stereocenters. The topological polar surface area (TPSA) is 55.4 Å². The summed E-state index contributed by atoms with van der Waals surface area (Å²) in [5.41, 5.74) is -5.03. The largest absolute Gasteiger partial charge is 0.441 e. The number of nitrogens with one attached hydrogen (secondary N) is 1. The Balaban J connectivity index is 3.39. The molecule has 0 fully saturated rings. The van der Waals surface area contributed by atoms with Crippen molar-refractivity contribution in [1.82, 2.24) is 4.72 Å². The lowest BCUT2D eigenvalue weighted by Crippen LogP contribution is -2.68. The summed E-state index contributed by atoms with van der Waals surface area (Å²) in [5.74, 6) is 0. The molecule has 0 amide bonds. The van der Waals surface area contributed by atoms with Gasteiger partial charge >= 0.3 is 18.1 Å². The number of hydrogen-bond donors (Lipinski definition) is 1. The number of halogens is 6. The number of benzene rings is 1. The Morgan fingerprint density at radius 3 is 1.71 bits per heavy atom. The smallest absolute Gasteiger partial charge is 0.348 e. The SMILES string of the molecule is COC(NS(=O)(=O)c1ccccc1)(C(F)(F)F)C(F)(F)F. The van der Waals surface area contributed by atoms with Crippen molar-refractivity contribution >= 4 is 10.0 Å². The minimum atomic E-state index is -6.05. The monoisotopic (exact) mass is 337 g/mol. The number of rotatable bonds is 4. The highest BCUT2D eigenvalue weighted by Gasteiger charge is 2.74. The first-order valence-electron chi connectivity index (χ1n) is 5.15. The Hall–Kier alpha value is -1.33. The van der Waals surface area contributed by atoms with Crippen LogP contribution in [-0.2, 0) is 14.8 Å². The summed E-state index contributed by atoms with van der Waals surface area (Å²) >= 11 is 0. The molecule has 0 spiro atoms. The Morgan fingerprint density at radius 2 is 1.38 bits per heavy atom. The first kappa shape index (κ1) is 17.7. The fraction of sp³-hybridized carbons (Fsp3) is 0.400. The maximum absolute atomic E-state index is 12.7. The maximum Gasteiger partial charge on any atom is 0.441 e. The molecule has 0 saturated carbocycles. The highest BCUT2D eigenvalue weighted by atomic mass is 32.2. The molecule has 0 aliphatic carbocycles. The van der Waals surface area contributed by atoms with E-state index in [2.05, 4.69) is 4.74 Å². The molecule has 1 aromatic rings. The third-order valence-electron chi connectivity index (χ3n) is 2.44. The predicted molar refractivity (Wildman–Crippen MR) is 58.6 cm³/mol. The number of sulfonamides is 1. The average molecular weight is 337 g/mol. The van der Waals surface area contributed by atoms with Gasteiger partial charge in [0, 0.05) is 7.11 Å². The van der Waals surface area contributed by atoms with Crippen molar-refractivity contribution in [1.29, 1.82) is 0 Å². The first-order chi connectivity index (χ1) is 9.37. The Morgan fingerprint density at radius 1 is 0.952 bits per heavy atom. The standard InChI is InChI=1S/C10H9F6NO3S/c1-20-8(9(11,12)13,10(14,15)16)17-21(18,19)7-5-3-2-4-6-7/h2-6,17H,1H3. The van der Waals surface area contributed by atoms with Crippen LogP contribution < -0.4 is 4.72 Å². The molecule has 0 aliphatic heterocycles. The van der Waals surface area contributed by atoms with Gasteiger partial charge in [-0.05, 0) is 12.1 Å². The van der Waals surface area contributed by atoms with Crippen LogP contribution in [0.25, 0.3) is 0 Å². The van der Waals surface area contributed by atoms with Crippen LogP contribution in [0.4, 0.5) is 26.3 Å². The normalized spacial score (nSPS) is 14.2. The summed E-state index contributed by atoms with van der Waals surface area (Å²) in [6.45, 7) is 0. The van der Waals surface area contributed by atoms with Crippen LogP contribution >= 0.6 is 0 Å². The molecule has 0 aliphatic rings. The van der Waals surface area contributed by atoms with Gasteiger partial charge in [-0.2, -0.15) is 31.1 Å². The van der Waals surface area contributed by atoms with E-state index in [1.807, 2.05) is 0 Å². The third kappa shape index (κ3) is 3.30. The van der Waals surface area contributed by atoms with Crippen LogP contribution in [0.5, 0.6) is 0 Å². The molecule has 21 heavy (non-hydrogen) atoms. The summed E-state index contributed by atoms with van der Waals surface area (Å²) < 4.78 is 104. The predicted octanol–water partition coefficient (Wildman–Crippen LogP) is 2.43. The van der Waals surface area contributed by atoms with E-state index >= 15 is 0 Å². The van der Waals surface area contributed by atoms with E-state index in [9.17, 15) is 34.8 Å². The lowest BCUT2D eigenvalue weighted by atomic mass is 10.2. The molecule has 1 aromatic carbocycles. The van der Waals surface area contributed by atoms with E-state index < -0.39 is 33.0 Å². The minimum Gasteiger partial charge on any atom is -0.348 e. The molecule has 120 valence electrons. The van der Waals surface area contributed by atoms with E-state index in [1.165, 1.54) is 6.07 Å². The van der Waals surface area contributed by atoms with Gasteiger partial charge in [0.05, 0.1) is 4.90 Å². The van der Waals surface area contributed by atoms with Gasteiger partial charge in [0.15, 0.2) is 0 Å². The highest BCUT2D eigenvalue weighted by Crippen LogP contribution is 2.44. The quantitative estimate of drug-likeness (QED) is 0.678. The zero-order valence-electron chi connectivity index (χ0n) is 10.3. The van der Waals surface area contributed by atoms with Crippen LogP contribution in [0.15, 0.2) is 35.2 Å². The number of alkyl halides is 6. The second-order valence-corrected chi connectivity index (χ2v) is 5.48. The molecule has 1 rings (SSSR count). The number of methoxy groups -OCH3 is 1. The second-order valence-electron chi connectivity index (χ2n) is 3.80. The molecule has 0 saturated heterocycles. The van der Waals surface area contributed by atoms with E-state index in [0.29, 0.717) is 4.72 Å². The molecule has 0 radical (unpaired) electrons. The Labute approximate surface area is 115 Å². The molecular formula is C10H9F6NO3S. The van der Waals surface area contributed by atoms with Crippen LogP contribution in [0.1, 0.15) is 0 Å². The molecule has 0 aromatic heterocycles. The van der Waals surface area contributed by atoms with Gasteiger partial charge in [-0.15, -0.1) is 0 Å². The first-order valence-corrected chi connectivity index (χ1v) is 6.63. The summed E-state index contributed by atoms with van der Waals surface area (Å²) in [5, 5.41) is 0. The fourth-order valence-electron chi connectivity index (χ4n) is 1.40. The van der Waals surface area contributed by atoms with Gasteiger partial charge < -0.3 is 4.74 Å². The minimum absolute atomic E-state index is 0.106. The molecule has 11 heteroatoms. The maximum atomic E-state index is 12.7. The Bertz CT molecular complexity index is 567. The molecule has 1 N–H and O–H groups in total. The lowest BCUT2D eigenvalue weighted by Gasteiger charge is -2.35. The van der Waals surface area contributed by atoms with E-state index in [0.717, 1.165) is 24.3 Å². The molecule has 0 heterocycles. The van der Waals surface area contributed by atoms with Crippen molar-refractivity contribution in [3.05, 3.63) is 30.3 Å². The van der Waals surface area contributed by atoms with E-state index in [1.54, 1.807) is 0 Å². The van der Waals surface area contributed by atoms with E-state index in [4.69, 9.17) is 0 Å². The van der Waals surface area contributed by atoms with Crippen LogP contribution in [0.2, 0.25) is 0 Å². The molecule has 4 nitrogen and oxygen atoms in total. The van der Waals surface area contributed by atoms with Crippen LogP contribution in [-0.4, -0.2) is 33.6 Å². The van der Waals surface area contributed by atoms with Crippen molar-refractivity contribution in [3.63, 3.8) is 0 Å². The summed E-state index contributed by atoms with van der Waals surface area (Å²) in [4.78, 5) is -0.764. The van der Waals surface area contributed by atoms with Crippen molar-refractivity contribution in [2.45, 2.75) is 23.0 Å². The van der Waals surface area contributed by atoms with Gasteiger partial charge in [-0.1, -0.05) is 18.2 Å². The molecular weight excluding hydrogens is 328 g/mol. The van der Waals surface area contributed by atoms with Crippen molar-refractivity contribution in [2.24, 2.45) is 0 Å². The van der Waals surface area contributed by atoms with Crippen molar-refractivity contribution < 1.29 is 39.5 Å². The van der Waals surface area contributed by atoms with Crippen molar-refractivity contribution in [2.75, 3.05) is 7.11 Å². The fourth-order valence-corrected chi connectivity index (χ4v) is 2.72. The zero-order valence-corrected chi connectivity index (χ0v) is 11.1. The number of ether oxygens (including phenoxy) is 1. The summed E-state index contributed by atoms with van der Waals surface area (Å²) in [6.07, 6.45) is -12.1. The zero-order chi connectivity index (χ0) is 16.5. The Kier molecular flexibility index (Phi) is 4.61. The molecule has 0 bridgehead atoms. The second kappa shape index (κ2) is 5.46. The highest BCUT2D eigenvalue weighted by molar-refractivity contribution is 7.89. The van der Waals surface area contributed by atoms with Crippen molar-refractivity contribution in [3.8, 4) is 0 Å². The van der Waals surface area contributed by atoms with Gasteiger partial charge in [0.2, 0.25) is 10.0 Å². The number of hydrogen-bond acceptors (Lipinski definition) is 3. The van der Waals surface area contributed by atoms with E-state index in [-0.39, 0.29) is 7.11 Å². The van der Waals surface area contributed by atoms with Gasteiger partial charge in [-0.25, -0.2) is 8.42 Å². The lowest BCUT2D eigenvalue weighted by molar-refractivity contribution is -0.379. The van der Waals surface area contributed by atoms with Gasteiger partial charge in [-0.3, -0.25) is 0 Å². The molecule has 0 unspecified atom stereocenters. The average Bonchev–Trinajstić information content (AvgIpc) is 2.34. The summed E-state index contributed by atoms with van der Waals surface area (Å²) in [7, 11) is -5.01. The van der Waals surface area contributed by atoms with Crippen LogP contribution in [0.3, 0.4) is 0 Å². The van der Waals surface area contributed by atoms with Gasteiger partial charge in [0.25, 0.3) is 0 Å². The van der Waals surface area contributed by atoms with Gasteiger partial charge in [0.1, 0.15) is 0 Å². The van der Waals surface area contributed by atoms with Crippen LogP contribution in [0, 0.1) is 0 Å². The summed E-state index contributed by atoms with van der Waals surface area (Å²) in [6, 6.07) is 5.32.